The Morgan fingerprint density at radius 1 is 0.644 bits per heavy atom. The highest BCUT2D eigenvalue weighted by molar-refractivity contribution is 7.85. The number of rotatable bonds is 30. The number of carbonyl (C=O) groups excluding carboxylic acids is 1. The number of unbranched alkanes of at least 4 members (excludes halogenated alkanes) is 13. The first-order chi connectivity index (χ1) is 21.8. The molecule has 3 N–H and O–H groups in total. The molecule has 0 aliphatic rings. The molecule has 45 heavy (non-hydrogen) atoms. The maximum atomic E-state index is 12.4. The molecule has 2 unspecified atom stereocenters. The second-order valence-electron chi connectivity index (χ2n) is 11.8. The predicted octanol–water partition coefficient (Wildman–Crippen LogP) is 9.90. The minimum Gasteiger partial charge on any atom is -0.387 e. The zero-order chi connectivity index (χ0) is 33.3. The van der Waals surface area contributed by atoms with E-state index >= 15 is 0 Å². The van der Waals surface area contributed by atoms with Gasteiger partial charge in [-0.2, -0.15) is 8.42 Å². The zero-order valence-corrected chi connectivity index (χ0v) is 29.3. The van der Waals surface area contributed by atoms with E-state index in [1.165, 1.54) is 44.6 Å². The van der Waals surface area contributed by atoms with E-state index < -0.39 is 28.0 Å². The van der Waals surface area contributed by atoms with Crippen molar-refractivity contribution in [2.24, 2.45) is 0 Å². The molecule has 0 saturated heterocycles. The minimum atomic E-state index is -4.36. The number of allylic oxidation sites excluding steroid dienone is 11. The Balaban J connectivity index is 4.00. The molecule has 0 aliphatic heterocycles. The third kappa shape index (κ3) is 33.0. The minimum absolute atomic E-state index is 0.265. The highest BCUT2D eigenvalue weighted by Gasteiger charge is 2.24. The van der Waals surface area contributed by atoms with Crippen LogP contribution in [-0.2, 0) is 14.9 Å². The lowest BCUT2D eigenvalue weighted by molar-refractivity contribution is -0.122. The number of amides is 1. The molecule has 0 fully saturated rings. The van der Waals surface area contributed by atoms with Crippen LogP contribution in [-0.4, -0.2) is 41.9 Å². The fourth-order valence-corrected chi connectivity index (χ4v) is 5.52. The molecule has 2 atom stereocenters. The lowest BCUT2D eigenvalue weighted by atomic mass is 10.1. The van der Waals surface area contributed by atoms with Gasteiger partial charge in [-0.25, -0.2) is 0 Å². The first kappa shape index (κ1) is 42.8. The first-order valence-electron chi connectivity index (χ1n) is 17.6. The van der Waals surface area contributed by atoms with Gasteiger partial charge < -0.3 is 10.4 Å². The van der Waals surface area contributed by atoms with E-state index in [0.717, 1.165) is 70.6 Å². The van der Waals surface area contributed by atoms with E-state index in [1.54, 1.807) is 6.08 Å². The maximum Gasteiger partial charge on any atom is 0.267 e. The molecule has 0 aromatic heterocycles. The van der Waals surface area contributed by atoms with Crippen LogP contribution in [0.3, 0.4) is 0 Å². The number of aliphatic hydroxyl groups is 1. The summed E-state index contributed by atoms with van der Waals surface area (Å²) >= 11 is 0. The van der Waals surface area contributed by atoms with Crippen molar-refractivity contribution in [3.05, 3.63) is 72.9 Å². The lowest BCUT2D eigenvalue weighted by Gasteiger charge is -2.21. The second kappa shape index (κ2) is 31.7. The fraction of sp³-hybridized carbons (Fsp3) is 0.658. The van der Waals surface area contributed by atoms with Crippen molar-refractivity contribution in [2.45, 2.75) is 154 Å². The van der Waals surface area contributed by atoms with Crippen molar-refractivity contribution in [2.75, 3.05) is 5.75 Å². The third-order valence-electron chi connectivity index (χ3n) is 7.43. The molecule has 0 heterocycles. The largest absolute Gasteiger partial charge is 0.387 e. The van der Waals surface area contributed by atoms with Crippen LogP contribution in [0.1, 0.15) is 142 Å². The number of hydrogen-bond donors (Lipinski definition) is 3. The number of carbonyl (C=O) groups is 1. The van der Waals surface area contributed by atoms with E-state index in [4.69, 9.17) is 0 Å². The number of hydrogen-bond acceptors (Lipinski definition) is 4. The molecule has 6 nitrogen and oxygen atoms in total. The maximum absolute atomic E-state index is 12.4. The van der Waals surface area contributed by atoms with Gasteiger partial charge in [0.05, 0.1) is 17.9 Å². The Labute approximate surface area is 276 Å². The molecule has 0 spiro atoms. The summed E-state index contributed by atoms with van der Waals surface area (Å²) in [7, 11) is -4.36. The van der Waals surface area contributed by atoms with Gasteiger partial charge in [0.25, 0.3) is 10.1 Å². The van der Waals surface area contributed by atoms with Gasteiger partial charge >= 0.3 is 0 Å². The number of aliphatic hydroxyl groups excluding tert-OH is 1. The molecule has 0 aromatic rings. The summed E-state index contributed by atoms with van der Waals surface area (Å²) in [4.78, 5) is 12.4. The van der Waals surface area contributed by atoms with Crippen LogP contribution in [0.25, 0.3) is 0 Å². The molecule has 0 radical (unpaired) electrons. The topological polar surface area (TPSA) is 104 Å². The van der Waals surface area contributed by atoms with Crippen molar-refractivity contribution in [1.82, 2.24) is 5.32 Å². The molecule has 258 valence electrons. The predicted molar refractivity (Wildman–Crippen MR) is 193 cm³/mol. The van der Waals surface area contributed by atoms with Crippen LogP contribution in [0.2, 0.25) is 0 Å². The van der Waals surface area contributed by atoms with E-state index in [9.17, 15) is 22.9 Å². The smallest absolute Gasteiger partial charge is 0.267 e. The lowest BCUT2D eigenvalue weighted by Crippen LogP contribution is -2.46. The Morgan fingerprint density at radius 3 is 1.67 bits per heavy atom. The van der Waals surface area contributed by atoms with Crippen LogP contribution < -0.4 is 5.32 Å². The van der Waals surface area contributed by atoms with Crippen LogP contribution >= 0.6 is 0 Å². The second-order valence-corrected chi connectivity index (χ2v) is 13.3. The Morgan fingerprint density at radius 2 is 1.11 bits per heavy atom. The van der Waals surface area contributed by atoms with Crippen molar-refractivity contribution in [3.63, 3.8) is 0 Å². The van der Waals surface area contributed by atoms with Crippen molar-refractivity contribution in [1.29, 1.82) is 0 Å². The highest BCUT2D eigenvalue weighted by Crippen LogP contribution is 2.11. The average Bonchev–Trinajstić information content (AvgIpc) is 3.00. The van der Waals surface area contributed by atoms with E-state index in [0.29, 0.717) is 12.8 Å². The quantitative estimate of drug-likeness (QED) is 0.0409. The van der Waals surface area contributed by atoms with Crippen molar-refractivity contribution in [3.8, 4) is 0 Å². The Kier molecular flexibility index (Phi) is 30.2. The van der Waals surface area contributed by atoms with Crippen LogP contribution in [0.4, 0.5) is 0 Å². The van der Waals surface area contributed by atoms with Gasteiger partial charge in [0.1, 0.15) is 0 Å². The molecule has 1 amide bonds. The van der Waals surface area contributed by atoms with E-state index in [2.05, 4.69) is 66.9 Å². The van der Waals surface area contributed by atoms with Gasteiger partial charge in [0.15, 0.2) is 0 Å². The summed E-state index contributed by atoms with van der Waals surface area (Å²) in [5.41, 5.74) is 0. The van der Waals surface area contributed by atoms with Gasteiger partial charge in [-0.05, 0) is 77.6 Å². The molecule has 7 heteroatoms. The SMILES string of the molecule is C/C=C/CC/C=C/CC/C=C/C(O)C(CS(=O)(=O)O)NC(=O)CCCCCCCC/C=C\C/C=C\C/C=C\CCCCCCC. The van der Waals surface area contributed by atoms with Gasteiger partial charge in [0, 0.05) is 6.42 Å². The molecule has 0 aromatic carbocycles. The van der Waals surface area contributed by atoms with Crippen molar-refractivity contribution >= 4 is 16.0 Å². The monoisotopic (exact) mass is 647 g/mol. The fourth-order valence-electron chi connectivity index (χ4n) is 4.79. The van der Waals surface area contributed by atoms with Crippen LogP contribution in [0.15, 0.2) is 72.9 Å². The summed E-state index contributed by atoms with van der Waals surface area (Å²) in [6.07, 6.45) is 44.8. The molecule has 0 bridgehead atoms. The molecule has 0 aliphatic carbocycles. The molecule has 0 rings (SSSR count). The van der Waals surface area contributed by atoms with Crippen LogP contribution in [0, 0.1) is 0 Å². The molecular formula is C38H65NO5S. The summed E-state index contributed by atoms with van der Waals surface area (Å²) in [6.45, 7) is 4.25. The molecular weight excluding hydrogens is 582 g/mol. The normalized spacial score (nSPS) is 14.3. The first-order valence-corrected chi connectivity index (χ1v) is 19.2. The van der Waals surface area contributed by atoms with Gasteiger partial charge in [0.2, 0.25) is 5.91 Å². The van der Waals surface area contributed by atoms with Gasteiger partial charge in [-0.1, -0.05) is 131 Å². The van der Waals surface area contributed by atoms with Gasteiger partial charge in [-0.15, -0.1) is 0 Å². The van der Waals surface area contributed by atoms with Crippen LogP contribution in [0.5, 0.6) is 0 Å². The summed E-state index contributed by atoms with van der Waals surface area (Å²) < 4.78 is 32.2. The Hall–Kier alpha value is -2.22. The standard InChI is InChI=1S/C38H65NO5S/c1-3-5-7-9-11-13-14-15-16-17-18-19-20-21-22-23-24-26-28-30-32-34-38(41)39-36(35-45(42,43)44)37(40)33-31-29-27-25-12-10-8-6-4-2/h4,6,12,14-15,17-18,20-21,25,31,33,36-37,40H,3,5,7-11,13,16,19,22-24,26-30,32,34-35H2,1-2H3,(H,39,41)(H,42,43,44)/b6-4+,15-14-,18-17-,21-20-,25-12+,33-31+. The molecule has 0 saturated carbocycles. The number of nitrogens with one attached hydrogen (secondary N) is 1. The summed E-state index contributed by atoms with van der Waals surface area (Å²) in [5, 5.41) is 13.1. The zero-order valence-electron chi connectivity index (χ0n) is 28.5. The Bertz CT molecular complexity index is 978. The van der Waals surface area contributed by atoms with Crippen molar-refractivity contribution < 1.29 is 22.9 Å². The summed E-state index contributed by atoms with van der Waals surface area (Å²) in [5.74, 6) is -1.04. The van der Waals surface area contributed by atoms with E-state index in [-0.39, 0.29) is 12.3 Å². The summed E-state index contributed by atoms with van der Waals surface area (Å²) in [6, 6.07) is -1.09. The van der Waals surface area contributed by atoms with Gasteiger partial charge in [-0.3, -0.25) is 9.35 Å². The highest BCUT2D eigenvalue weighted by atomic mass is 32.2. The third-order valence-corrected chi connectivity index (χ3v) is 8.21. The average molecular weight is 648 g/mol. The van der Waals surface area contributed by atoms with E-state index in [1.807, 2.05) is 13.0 Å².